The van der Waals surface area contributed by atoms with Crippen LogP contribution in [-0.4, -0.2) is 0 Å². The standard InChI is InChI=1S/C17H17N3/c18-11-13-10-14(8-9-16(13)19)20-17-7-3-5-12-4-1-2-6-15(12)17/h3,5,7-10,20H,1-2,4,6,19H2. The Bertz CT molecular complexity index is 683. The summed E-state index contributed by atoms with van der Waals surface area (Å²) < 4.78 is 0. The average molecular weight is 263 g/mol. The number of nitrogens with two attached hydrogens (primary N) is 1. The van der Waals surface area contributed by atoms with Crippen molar-refractivity contribution in [3.8, 4) is 6.07 Å². The first kappa shape index (κ1) is 12.6. The molecule has 0 unspecified atom stereocenters. The smallest absolute Gasteiger partial charge is 0.101 e. The van der Waals surface area contributed by atoms with E-state index in [1.807, 2.05) is 6.07 Å². The van der Waals surface area contributed by atoms with Crippen LogP contribution < -0.4 is 11.1 Å². The molecule has 0 spiro atoms. The molecule has 2 aromatic rings. The Kier molecular flexibility index (Phi) is 3.30. The van der Waals surface area contributed by atoms with Gasteiger partial charge in [0.05, 0.1) is 5.56 Å². The summed E-state index contributed by atoms with van der Waals surface area (Å²) in [5, 5.41) is 12.5. The molecule has 0 saturated heterocycles. The number of nitrogens with one attached hydrogen (secondary N) is 1. The maximum Gasteiger partial charge on any atom is 0.101 e. The Hall–Kier alpha value is -2.47. The molecular formula is C17H17N3. The molecular weight excluding hydrogens is 246 g/mol. The predicted octanol–water partition coefficient (Wildman–Crippen LogP) is 3.76. The number of hydrogen-bond donors (Lipinski definition) is 2. The van der Waals surface area contributed by atoms with Crippen molar-refractivity contribution >= 4 is 17.1 Å². The molecule has 20 heavy (non-hydrogen) atoms. The second-order valence-electron chi connectivity index (χ2n) is 5.19. The first-order chi connectivity index (χ1) is 9.78. The molecule has 3 N–H and O–H groups in total. The maximum atomic E-state index is 9.04. The molecule has 0 atom stereocenters. The highest BCUT2D eigenvalue weighted by Gasteiger charge is 2.13. The van der Waals surface area contributed by atoms with Gasteiger partial charge in [0.25, 0.3) is 0 Å². The van der Waals surface area contributed by atoms with Gasteiger partial charge in [-0.1, -0.05) is 12.1 Å². The quantitative estimate of drug-likeness (QED) is 0.811. The van der Waals surface area contributed by atoms with E-state index >= 15 is 0 Å². The van der Waals surface area contributed by atoms with Crippen molar-refractivity contribution in [1.29, 1.82) is 5.26 Å². The normalized spacial score (nSPS) is 13.3. The number of hydrogen-bond acceptors (Lipinski definition) is 3. The Morgan fingerprint density at radius 2 is 1.95 bits per heavy atom. The van der Waals surface area contributed by atoms with Crippen LogP contribution in [0.5, 0.6) is 0 Å². The van der Waals surface area contributed by atoms with E-state index in [2.05, 4.69) is 29.6 Å². The lowest BCUT2D eigenvalue weighted by Crippen LogP contribution is -2.06. The number of nitriles is 1. The molecule has 100 valence electrons. The van der Waals surface area contributed by atoms with Gasteiger partial charge < -0.3 is 11.1 Å². The van der Waals surface area contributed by atoms with Crippen LogP contribution in [0.15, 0.2) is 36.4 Å². The number of fused-ring (bicyclic) bond motifs is 1. The van der Waals surface area contributed by atoms with Gasteiger partial charge in [0.2, 0.25) is 0 Å². The minimum Gasteiger partial charge on any atom is -0.398 e. The Morgan fingerprint density at radius 1 is 1.10 bits per heavy atom. The fraction of sp³-hybridized carbons (Fsp3) is 0.235. The van der Waals surface area contributed by atoms with Crippen LogP contribution in [0.3, 0.4) is 0 Å². The summed E-state index contributed by atoms with van der Waals surface area (Å²) in [6.07, 6.45) is 4.81. The Morgan fingerprint density at radius 3 is 2.80 bits per heavy atom. The van der Waals surface area contributed by atoms with E-state index in [1.54, 1.807) is 12.1 Å². The van der Waals surface area contributed by atoms with Gasteiger partial charge in [0.15, 0.2) is 0 Å². The van der Waals surface area contributed by atoms with E-state index in [1.165, 1.54) is 24.0 Å². The molecule has 0 saturated carbocycles. The molecule has 1 aliphatic rings. The monoisotopic (exact) mass is 263 g/mol. The van der Waals surface area contributed by atoms with E-state index in [9.17, 15) is 0 Å². The van der Waals surface area contributed by atoms with E-state index in [0.29, 0.717) is 11.3 Å². The minimum atomic E-state index is 0.514. The van der Waals surface area contributed by atoms with Crippen LogP contribution in [0.4, 0.5) is 17.1 Å². The molecule has 0 aromatic heterocycles. The van der Waals surface area contributed by atoms with Gasteiger partial charge in [-0.25, -0.2) is 0 Å². The maximum absolute atomic E-state index is 9.04. The highest BCUT2D eigenvalue weighted by molar-refractivity contribution is 5.69. The number of rotatable bonds is 2. The SMILES string of the molecule is N#Cc1cc(Nc2cccc3c2CCCC3)ccc1N. The second-order valence-corrected chi connectivity index (χ2v) is 5.19. The molecule has 0 radical (unpaired) electrons. The molecule has 3 heteroatoms. The average Bonchev–Trinajstić information content (AvgIpc) is 2.49. The second kappa shape index (κ2) is 5.26. The molecule has 3 rings (SSSR count). The van der Waals surface area contributed by atoms with Crippen LogP contribution in [0.1, 0.15) is 29.5 Å². The number of aryl methyl sites for hydroxylation is 1. The summed E-state index contributed by atoms with van der Waals surface area (Å²) >= 11 is 0. The van der Waals surface area contributed by atoms with Crippen molar-refractivity contribution in [2.75, 3.05) is 11.1 Å². The van der Waals surface area contributed by atoms with E-state index in [-0.39, 0.29) is 0 Å². The predicted molar refractivity (Wildman–Crippen MR) is 81.9 cm³/mol. The molecule has 2 aromatic carbocycles. The summed E-state index contributed by atoms with van der Waals surface area (Å²) in [6.45, 7) is 0. The third kappa shape index (κ3) is 2.33. The largest absolute Gasteiger partial charge is 0.398 e. The first-order valence-electron chi connectivity index (χ1n) is 6.95. The van der Waals surface area contributed by atoms with Gasteiger partial charge in [-0.3, -0.25) is 0 Å². The fourth-order valence-corrected chi connectivity index (χ4v) is 2.78. The fourth-order valence-electron chi connectivity index (χ4n) is 2.78. The molecule has 3 nitrogen and oxygen atoms in total. The van der Waals surface area contributed by atoms with Crippen molar-refractivity contribution < 1.29 is 0 Å². The van der Waals surface area contributed by atoms with E-state index in [4.69, 9.17) is 11.0 Å². The van der Waals surface area contributed by atoms with Crippen LogP contribution >= 0.6 is 0 Å². The number of nitrogen functional groups attached to an aromatic ring is 1. The zero-order chi connectivity index (χ0) is 13.9. The van der Waals surface area contributed by atoms with Gasteiger partial charge in [-0.2, -0.15) is 5.26 Å². The Labute approximate surface area is 119 Å². The van der Waals surface area contributed by atoms with Gasteiger partial charge in [-0.15, -0.1) is 0 Å². The molecule has 0 fully saturated rings. The third-order valence-corrected chi connectivity index (χ3v) is 3.85. The molecule has 0 amide bonds. The summed E-state index contributed by atoms with van der Waals surface area (Å²) in [4.78, 5) is 0. The Balaban J connectivity index is 1.94. The van der Waals surface area contributed by atoms with E-state index in [0.717, 1.165) is 24.2 Å². The van der Waals surface area contributed by atoms with Crippen LogP contribution in [0.25, 0.3) is 0 Å². The van der Waals surface area contributed by atoms with Gasteiger partial charge in [-0.05, 0) is 61.1 Å². The van der Waals surface area contributed by atoms with Gasteiger partial charge in [0, 0.05) is 17.1 Å². The van der Waals surface area contributed by atoms with Crippen LogP contribution in [0, 0.1) is 11.3 Å². The number of nitrogens with zero attached hydrogens (tertiary/aromatic N) is 1. The number of anilines is 3. The van der Waals surface area contributed by atoms with Crippen molar-refractivity contribution in [3.63, 3.8) is 0 Å². The van der Waals surface area contributed by atoms with Crippen molar-refractivity contribution in [1.82, 2.24) is 0 Å². The third-order valence-electron chi connectivity index (χ3n) is 3.85. The van der Waals surface area contributed by atoms with Crippen molar-refractivity contribution in [3.05, 3.63) is 53.1 Å². The lowest BCUT2D eigenvalue weighted by molar-refractivity contribution is 0.687. The molecule has 0 aliphatic heterocycles. The summed E-state index contributed by atoms with van der Waals surface area (Å²) in [6, 6.07) is 14.0. The highest BCUT2D eigenvalue weighted by Crippen LogP contribution is 2.30. The topological polar surface area (TPSA) is 61.8 Å². The summed E-state index contributed by atoms with van der Waals surface area (Å²) in [5.74, 6) is 0. The molecule has 0 bridgehead atoms. The highest BCUT2D eigenvalue weighted by atomic mass is 14.9. The van der Waals surface area contributed by atoms with Gasteiger partial charge >= 0.3 is 0 Å². The van der Waals surface area contributed by atoms with Crippen molar-refractivity contribution in [2.45, 2.75) is 25.7 Å². The first-order valence-corrected chi connectivity index (χ1v) is 6.95. The lowest BCUT2D eigenvalue weighted by atomic mass is 9.90. The number of benzene rings is 2. The van der Waals surface area contributed by atoms with Crippen LogP contribution in [-0.2, 0) is 12.8 Å². The zero-order valence-electron chi connectivity index (χ0n) is 11.3. The minimum absolute atomic E-state index is 0.514. The summed E-state index contributed by atoms with van der Waals surface area (Å²) in [5.41, 5.74) is 11.7. The zero-order valence-corrected chi connectivity index (χ0v) is 11.3. The molecule has 0 heterocycles. The van der Waals surface area contributed by atoms with Gasteiger partial charge in [0.1, 0.15) is 6.07 Å². The molecule has 1 aliphatic carbocycles. The lowest BCUT2D eigenvalue weighted by Gasteiger charge is -2.20. The summed E-state index contributed by atoms with van der Waals surface area (Å²) in [7, 11) is 0. The van der Waals surface area contributed by atoms with E-state index < -0.39 is 0 Å². The van der Waals surface area contributed by atoms with Crippen molar-refractivity contribution in [2.24, 2.45) is 0 Å². The van der Waals surface area contributed by atoms with Crippen LogP contribution in [0.2, 0.25) is 0 Å².